The summed E-state index contributed by atoms with van der Waals surface area (Å²) in [5, 5.41) is 2.60. The first-order valence-electron chi connectivity index (χ1n) is 19.7. The summed E-state index contributed by atoms with van der Waals surface area (Å²) >= 11 is 0. The van der Waals surface area contributed by atoms with Crippen LogP contribution in [0.2, 0.25) is 0 Å². The van der Waals surface area contributed by atoms with Crippen LogP contribution in [0.3, 0.4) is 0 Å². The molecule has 0 aliphatic rings. The molecule has 0 amide bonds. The molecular formula is C54H42N4. The van der Waals surface area contributed by atoms with Crippen LogP contribution in [0.15, 0.2) is 200 Å². The molecule has 0 radical (unpaired) electrons. The number of hydrogen-bond acceptors (Lipinski definition) is 3. The highest BCUT2D eigenvalue weighted by atomic mass is 15.0. The number of rotatable bonds is 6. The van der Waals surface area contributed by atoms with Gasteiger partial charge in [-0.3, -0.25) is 0 Å². The van der Waals surface area contributed by atoms with E-state index in [0.717, 1.165) is 22.3 Å². The molecular weight excluding hydrogens is 705 g/mol. The van der Waals surface area contributed by atoms with Crippen LogP contribution >= 0.6 is 0 Å². The van der Waals surface area contributed by atoms with E-state index in [2.05, 4.69) is 159 Å². The minimum absolute atomic E-state index is 0.673. The van der Waals surface area contributed by atoms with Crippen LogP contribution in [0.4, 0.5) is 0 Å². The lowest BCUT2D eigenvalue weighted by Crippen LogP contribution is -2.00. The smallest absolute Gasteiger partial charge is 0.164 e. The SMILES string of the molecule is Cc1cc(-c2ccccc2)cc(-c2nc(-c3ccccc3)nc(-c3ccccc3)n2)c1.Cc1ccccc1-c1cc2c3ccccc3n(-c3ccccc3)c2cc1C. The fourth-order valence-electron chi connectivity index (χ4n) is 7.79. The molecule has 0 saturated carbocycles. The molecule has 0 bridgehead atoms. The van der Waals surface area contributed by atoms with Gasteiger partial charge in [-0.15, -0.1) is 0 Å². The molecule has 0 spiro atoms. The lowest BCUT2D eigenvalue weighted by atomic mass is 9.95. The number of hydrogen-bond donors (Lipinski definition) is 0. The number of nitrogens with zero attached hydrogens (tertiary/aromatic N) is 4. The van der Waals surface area contributed by atoms with E-state index >= 15 is 0 Å². The van der Waals surface area contributed by atoms with Gasteiger partial charge in [0.15, 0.2) is 17.5 Å². The Morgan fingerprint density at radius 3 is 1.45 bits per heavy atom. The van der Waals surface area contributed by atoms with Gasteiger partial charge in [0.2, 0.25) is 0 Å². The molecule has 0 aliphatic heterocycles. The quantitative estimate of drug-likeness (QED) is 0.170. The van der Waals surface area contributed by atoms with Crippen LogP contribution in [0.1, 0.15) is 16.7 Å². The van der Waals surface area contributed by atoms with Crippen molar-refractivity contribution < 1.29 is 0 Å². The summed E-state index contributed by atoms with van der Waals surface area (Å²) in [7, 11) is 0. The first kappa shape index (κ1) is 36.2. The minimum Gasteiger partial charge on any atom is -0.309 e. The average molecular weight is 747 g/mol. The normalized spacial score (nSPS) is 11.0. The Labute approximate surface area is 339 Å². The fourth-order valence-corrected chi connectivity index (χ4v) is 7.79. The molecule has 278 valence electrons. The van der Waals surface area contributed by atoms with E-state index in [0.29, 0.717) is 17.5 Å². The van der Waals surface area contributed by atoms with Gasteiger partial charge in [-0.1, -0.05) is 158 Å². The summed E-state index contributed by atoms with van der Waals surface area (Å²) in [6.45, 7) is 6.51. The Balaban J connectivity index is 0.000000152. The second kappa shape index (κ2) is 16.0. The van der Waals surface area contributed by atoms with Crippen LogP contribution in [-0.2, 0) is 0 Å². The lowest BCUT2D eigenvalue weighted by Gasteiger charge is -2.12. The van der Waals surface area contributed by atoms with Crippen molar-refractivity contribution in [2.75, 3.05) is 0 Å². The van der Waals surface area contributed by atoms with Crippen molar-refractivity contribution >= 4 is 21.8 Å². The third-order valence-corrected chi connectivity index (χ3v) is 10.6. The van der Waals surface area contributed by atoms with E-state index in [1.54, 1.807) is 0 Å². The van der Waals surface area contributed by atoms with Gasteiger partial charge in [-0.2, -0.15) is 0 Å². The molecule has 8 aromatic carbocycles. The first-order valence-corrected chi connectivity index (χ1v) is 19.7. The molecule has 10 rings (SSSR count). The van der Waals surface area contributed by atoms with E-state index in [-0.39, 0.29) is 0 Å². The van der Waals surface area contributed by atoms with Crippen molar-refractivity contribution in [3.63, 3.8) is 0 Å². The van der Waals surface area contributed by atoms with Crippen LogP contribution in [0.25, 0.3) is 83.9 Å². The zero-order valence-electron chi connectivity index (χ0n) is 32.8. The number of aromatic nitrogens is 4. The zero-order valence-corrected chi connectivity index (χ0v) is 32.8. The number of benzene rings is 8. The van der Waals surface area contributed by atoms with Gasteiger partial charge >= 0.3 is 0 Å². The first-order chi connectivity index (χ1) is 28.5. The van der Waals surface area contributed by atoms with E-state index in [1.165, 1.54) is 60.9 Å². The monoisotopic (exact) mass is 746 g/mol. The van der Waals surface area contributed by atoms with E-state index in [1.807, 2.05) is 66.7 Å². The maximum Gasteiger partial charge on any atom is 0.164 e. The summed E-state index contributed by atoms with van der Waals surface area (Å²) in [6.07, 6.45) is 0. The summed E-state index contributed by atoms with van der Waals surface area (Å²) in [6, 6.07) is 69.6. The van der Waals surface area contributed by atoms with Gasteiger partial charge in [0.25, 0.3) is 0 Å². The van der Waals surface area contributed by atoms with Gasteiger partial charge in [-0.25, -0.2) is 15.0 Å². The van der Waals surface area contributed by atoms with Crippen molar-refractivity contribution in [1.82, 2.24) is 19.5 Å². The van der Waals surface area contributed by atoms with Gasteiger partial charge in [0.05, 0.1) is 11.0 Å². The topological polar surface area (TPSA) is 43.6 Å². The fraction of sp³-hybridized carbons (Fsp3) is 0.0556. The highest BCUT2D eigenvalue weighted by Gasteiger charge is 2.16. The van der Waals surface area contributed by atoms with Gasteiger partial charge in [-0.05, 0) is 102 Å². The molecule has 0 unspecified atom stereocenters. The molecule has 10 aromatic rings. The molecule has 0 atom stereocenters. The number of aryl methyl sites for hydroxylation is 3. The number of fused-ring (bicyclic) bond motifs is 3. The Hall–Kier alpha value is -7.43. The van der Waals surface area contributed by atoms with Gasteiger partial charge in [0, 0.05) is 33.2 Å². The molecule has 2 aromatic heterocycles. The van der Waals surface area contributed by atoms with Crippen LogP contribution in [-0.4, -0.2) is 19.5 Å². The molecule has 4 nitrogen and oxygen atoms in total. The standard InChI is InChI=1S/C28H21N3.C26H21N/c1-20-17-24(21-11-5-2-6-12-21)19-25(18-20)28-30-26(22-13-7-3-8-14-22)29-27(31-28)23-15-9-4-10-16-23;1-18-10-6-7-13-21(18)23-17-24-22-14-8-9-15-25(22)27(26(24)16-19(23)2)20-11-4-3-5-12-20/h2-19H,1H3;3-17H,1-2H3. The van der Waals surface area contributed by atoms with Crippen molar-refractivity contribution in [3.8, 4) is 62.1 Å². The van der Waals surface area contributed by atoms with Crippen molar-refractivity contribution in [2.45, 2.75) is 20.8 Å². The molecule has 0 saturated heterocycles. The maximum absolute atomic E-state index is 4.85. The van der Waals surface area contributed by atoms with Crippen molar-refractivity contribution in [3.05, 3.63) is 217 Å². The molecule has 0 aliphatic carbocycles. The summed E-state index contributed by atoms with van der Waals surface area (Å²) in [4.78, 5) is 14.5. The van der Waals surface area contributed by atoms with E-state index in [9.17, 15) is 0 Å². The molecule has 0 fully saturated rings. The predicted octanol–water partition coefficient (Wildman–Crippen LogP) is 13.9. The highest BCUT2D eigenvalue weighted by Crippen LogP contribution is 2.37. The largest absolute Gasteiger partial charge is 0.309 e. The Morgan fingerprint density at radius 2 is 0.828 bits per heavy atom. The minimum atomic E-state index is 0.673. The Morgan fingerprint density at radius 1 is 0.328 bits per heavy atom. The molecule has 0 N–H and O–H groups in total. The van der Waals surface area contributed by atoms with Gasteiger partial charge < -0.3 is 4.57 Å². The number of para-hydroxylation sites is 2. The molecule has 2 heterocycles. The summed E-state index contributed by atoms with van der Waals surface area (Å²) in [5.74, 6) is 2.02. The van der Waals surface area contributed by atoms with Crippen molar-refractivity contribution in [1.29, 1.82) is 0 Å². The Kier molecular flexibility index (Phi) is 9.97. The second-order valence-electron chi connectivity index (χ2n) is 14.7. The second-order valence-corrected chi connectivity index (χ2v) is 14.7. The van der Waals surface area contributed by atoms with Crippen molar-refractivity contribution in [2.24, 2.45) is 0 Å². The summed E-state index contributed by atoms with van der Waals surface area (Å²) in [5.41, 5.74) is 15.4. The van der Waals surface area contributed by atoms with Crippen LogP contribution in [0, 0.1) is 20.8 Å². The maximum atomic E-state index is 4.85. The summed E-state index contributed by atoms with van der Waals surface area (Å²) < 4.78 is 2.37. The van der Waals surface area contributed by atoms with Gasteiger partial charge in [0.1, 0.15) is 0 Å². The average Bonchev–Trinajstić information content (AvgIpc) is 3.60. The van der Waals surface area contributed by atoms with E-state index < -0.39 is 0 Å². The molecule has 58 heavy (non-hydrogen) atoms. The third-order valence-electron chi connectivity index (χ3n) is 10.6. The lowest BCUT2D eigenvalue weighted by molar-refractivity contribution is 1.07. The predicted molar refractivity (Wildman–Crippen MR) is 242 cm³/mol. The Bertz CT molecular complexity index is 2950. The third kappa shape index (κ3) is 7.32. The highest BCUT2D eigenvalue weighted by molar-refractivity contribution is 6.11. The van der Waals surface area contributed by atoms with Crippen LogP contribution < -0.4 is 0 Å². The zero-order chi connectivity index (χ0) is 39.4. The van der Waals surface area contributed by atoms with E-state index in [4.69, 9.17) is 15.0 Å². The van der Waals surface area contributed by atoms with Crippen LogP contribution in [0.5, 0.6) is 0 Å². The molecule has 4 heteroatoms.